The first kappa shape index (κ1) is 11.7. The summed E-state index contributed by atoms with van der Waals surface area (Å²) in [6.45, 7) is 8.45. The zero-order valence-electron chi connectivity index (χ0n) is 10.9. The normalized spacial score (nSPS) is 11.5. The lowest BCUT2D eigenvalue weighted by Crippen LogP contribution is -2.36. The molecule has 0 radical (unpaired) electrons. The summed E-state index contributed by atoms with van der Waals surface area (Å²) in [5.41, 5.74) is 6.74. The van der Waals surface area contributed by atoms with Crippen molar-refractivity contribution >= 4 is 0 Å². The van der Waals surface area contributed by atoms with Crippen LogP contribution in [-0.2, 0) is 5.54 Å². The zero-order chi connectivity index (χ0) is 12.5. The molecule has 3 nitrogen and oxygen atoms in total. The van der Waals surface area contributed by atoms with Gasteiger partial charge in [0.25, 0.3) is 0 Å². The van der Waals surface area contributed by atoms with E-state index < -0.39 is 0 Å². The standard InChI is InChI=1S/C14H19N3/c1-11-8-9-12(2)17(11)16-14(3,4)13-7-5-6-10-15-13/h5-10,16H,1-4H3. The van der Waals surface area contributed by atoms with Gasteiger partial charge in [0.2, 0.25) is 0 Å². The van der Waals surface area contributed by atoms with Crippen LogP contribution in [0.3, 0.4) is 0 Å². The van der Waals surface area contributed by atoms with E-state index >= 15 is 0 Å². The van der Waals surface area contributed by atoms with Gasteiger partial charge in [0.05, 0.1) is 11.2 Å². The van der Waals surface area contributed by atoms with Gasteiger partial charge in [-0.05, 0) is 52.0 Å². The molecule has 90 valence electrons. The third kappa shape index (κ3) is 2.33. The highest BCUT2D eigenvalue weighted by Crippen LogP contribution is 2.20. The van der Waals surface area contributed by atoms with Gasteiger partial charge in [-0.1, -0.05) is 6.07 Å². The lowest BCUT2D eigenvalue weighted by Gasteiger charge is -2.29. The zero-order valence-corrected chi connectivity index (χ0v) is 10.9. The highest BCUT2D eigenvalue weighted by atomic mass is 15.4. The van der Waals surface area contributed by atoms with Gasteiger partial charge >= 0.3 is 0 Å². The van der Waals surface area contributed by atoms with Gasteiger partial charge in [-0.2, -0.15) is 0 Å². The summed E-state index contributed by atoms with van der Waals surface area (Å²) >= 11 is 0. The fourth-order valence-corrected chi connectivity index (χ4v) is 1.91. The summed E-state index contributed by atoms with van der Waals surface area (Å²) in [7, 11) is 0. The molecule has 0 aliphatic heterocycles. The molecule has 0 fully saturated rings. The van der Waals surface area contributed by atoms with Crippen molar-refractivity contribution in [2.45, 2.75) is 33.2 Å². The number of aromatic nitrogens is 2. The van der Waals surface area contributed by atoms with Crippen LogP contribution >= 0.6 is 0 Å². The predicted molar refractivity (Wildman–Crippen MR) is 70.5 cm³/mol. The number of pyridine rings is 1. The van der Waals surface area contributed by atoms with Crippen LogP contribution in [0.4, 0.5) is 0 Å². The molecular weight excluding hydrogens is 210 g/mol. The maximum Gasteiger partial charge on any atom is 0.0895 e. The molecule has 0 unspecified atom stereocenters. The SMILES string of the molecule is Cc1ccc(C)n1NC(C)(C)c1ccccn1. The maximum atomic E-state index is 4.41. The van der Waals surface area contributed by atoms with Crippen molar-refractivity contribution in [2.75, 3.05) is 5.43 Å². The molecule has 0 aromatic carbocycles. The number of nitrogens with zero attached hydrogens (tertiary/aromatic N) is 2. The number of nitrogens with one attached hydrogen (secondary N) is 1. The first-order valence-electron chi connectivity index (χ1n) is 5.85. The molecule has 2 heterocycles. The molecule has 2 aromatic heterocycles. The Morgan fingerprint density at radius 1 is 1.06 bits per heavy atom. The van der Waals surface area contributed by atoms with Gasteiger partial charge in [0.15, 0.2) is 0 Å². The Labute approximate surface area is 102 Å². The molecule has 1 N–H and O–H groups in total. The van der Waals surface area contributed by atoms with E-state index in [-0.39, 0.29) is 5.54 Å². The lowest BCUT2D eigenvalue weighted by atomic mass is 10.0. The Morgan fingerprint density at radius 3 is 2.24 bits per heavy atom. The Balaban J connectivity index is 2.29. The summed E-state index contributed by atoms with van der Waals surface area (Å²) in [6.07, 6.45) is 1.83. The first-order valence-corrected chi connectivity index (χ1v) is 5.85. The van der Waals surface area contributed by atoms with Crippen molar-refractivity contribution in [1.82, 2.24) is 9.66 Å². The largest absolute Gasteiger partial charge is 0.314 e. The third-order valence-electron chi connectivity index (χ3n) is 2.97. The Kier molecular flexibility index (Phi) is 2.92. The average Bonchev–Trinajstić information content (AvgIpc) is 2.62. The summed E-state index contributed by atoms with van der Waals surface area (Å²) < 4.78 is 2.11. The molecule has 0 amide bonds. The Hall–Kier alpha value is -1.77. The molecule has 0 saturated heterocycles. The minimum Gasteiger partial charge on any atom is -0.314 e. The summed E-state index contributed by atoms with van der Waals surface area (Å²) in [4.78, 5) is 4.41. The van der Waals surface area contributed by atoms with Crippen LogP contribution in [0.1, 0.15) is 30.9 Å². The number of rotatable bonds is 3. The molecule has 2 rings (SSSR count). The number of hydrogen-bond acceptors (Lipinski definition) is 2. The van der Waals surface area contributed by atoms with Gasteiger partial charge in [0, 0.05) is 17.6 Å². The van der Waals surface area contributed by atoms with Crippen LogP contribution < -0.4 is 5.43 Å². The molecule has 0 spiro atoms. The van der Waals surface area contributed by atoms with Crippen LogP contribution in [0.25, 0.3) is 0 Å². The summed E-state index contributed by atoms with van der Waals surface area (Å²) in [6, 6.07) is 10.2. The van der Waals surface area contributed by atoms with Gasteiger partial charge in [0.1, 0.15) is 0 Å². The van der Waals surface area contributed by atoms with Crippen molar-refractivity contribution < 1.29 is 0 Å². The second kappa shape index (κ2) is 4.24. The van der Waals surface area contributed by atoms with Gasteiger partial charge < -0.3 is 5.43 Å². The third-order valence-corrected chi connectivity index (χ3v) is 2.97. The minimum atomic E-state index is -0.199. The Bertz CT molecular complexity index is 478. The average molecular weight is 229 g/mol. The molecule has 3 heteroatoms. The van der Waals surface area contributed by atoms with Crippen LogP contribution in [0.5, 0.6) is 0 Å². The van der Waals surface area contributed by atoms with Gasteiger partial charge in [-0.3, -0.25) is 9.66 Å². The molecule has 0 saturated carbocycles. The van der Waals surface area contributed by atoms with E-state index in [1.165, 1.54) is 11.4 Å². The highest BCUT2D eigenvalue weighted by Gasteiger charge is 2.22. The number of hydrogen-bond donors (Lipinski definition) is 1. The molecular formula is C14H19N3. The van der Waals surface area contributed by atoms with Gasteiger partial charge in [-0.25, -0.2) is 0 Å². The van der Waals surface area contributed by atoms with E-state index in [2.05, 4.69) is 54.9 Å². The molecule has 0 aliphatic carbocycles. The summed E-state index contributed by atoms with van der Waals surface area (Å²) in [5, 5.41) is 0. The van der Waals surface area contributed by atoms with Crippen LogP contribution in [0, 0.1) is 13.8 Å². The van der Waals surface area contributed by atoms with Crippen LogP contribution in [0.15, 0.2) is 36.5 Å². The fraction of sp³-hybridized carbons (Fsp3) is 0.357. The van der Waals surface area contributed by atoms with E-state index in [0.29, 0.717) is 0 Å². The molecule has 2 aromatic rings. The Morgan fingerprint density at radius 2 is 1.71 bits per heavy atom. The predicted octanol–water partition coefficient (Wildman–Crippen LogP) is 2.98. The van der Waals surface area contributed by atoms with Crippen molar-refractivity contribution in [3.63, 3.8) is 0 Å². The molecule has 0 aliphatic rings. The molecule has 0 bridgehead atoms. The van der Waals surface area contributed by atoms with Crippen molar-refractivity contribution in [2.24, 2.45) is 0 Å². The monoisotopic (exact) mass is 229 g/mol. The quantitative estimate of drug-likeness (QED) is 0.877. The minimum absolute atomic E-state index is 0.199. The van der Waals surface area contributed by atoms with Crippen molar-refractivity contribution in [3.05, 3.63) is 53.6 Å². The van der Waals surface area contributed by atoms with Crippen molar-refractivity contribution in [1.29, 1.82) is 0 Å². The fourth-order valence-electron chi connectivity index (χ4n) is 1.91. The van der Waals surface area contributed by atoms with Crippen LogP contribution in [-0.4, -0.2) is 9.66 Å². The van der Waals surface area contributed by atoms with E-state index in [1.54, 1.807) is 0 Å². The smallest absolute Gasteiger partial charge is 0.0895 e. The first-order chi connectivity index (χ1) is 8.00. The van der Waals surface area contributed by atoms with E-state index in [1.807, 2.05) is 24.4 Å². The topological polar surface area (TPSA) is 29.9 Å². The van der Waals surface area contributed by atoms with E-state index in [0.717, 1.165) is 5.69 Å². The van der Waals surface area contributed by atoms with Crippen LogP contribution in [0.2, 0.25) is 0 Å². The number of aryl methyl sites for hydroxylation is 2. The highest BCUT2D eigenvalue weighted by molar-refractivity contribution is 5.22. The summed E-state index contributed by atoms with van der Waals surface area (Å²) in [5.74, 6) is 0. The second-order valence-corrected chi connectivity index (χ2v) is 4.90. The van der Waals surface area contributed by atoms with E-state index in [9.17, 15) is 0 Å². The molecule has 17 heavy (non-hydrogen) atoms. The van der Waals surface area contributed by atoms with E-state index in [4.69, 9.17) is 0 Å². The maximum absolute atomic E-state index is 4.41. The lowest BCUT2D eigenvalue weighted by molar-refractivity contribution is 0.509. The van der Waals surface area contributed by atoms with Gasteiger partial charge in [-0.15, -0.1) is 0 Å². The molecule has 0 atom stereocenters. The van der Waals surface area contributed by atoms with Crippen molar-refractivity contribution in [3.8, 4) is 0 Å². The second-order valence-electron chi connectivity index (χ2n) is 4.90.